The summed E-state index contributed by atoms with van der Waals surface area (Å²) in [5.74, 6) is -2.05. The van der Waals surface area contributed by atoms with Gasteiger partial charge >= 0.3 is 11.9 Å². The standard InChI is InChI=1S/C28H28N2O9S/c1-5-38-27(34)23-21(29)16(11-14-7-9-17(31)19(12-14)36-3)22-25(28(35)39-6-2)40-24(26(33)30(22)23)15-8-10-18(32)20(13-15)37-4/h7-13,24,31-32H,5-6,29H2,1-4H3/b16-11+. The van der Waals surface area contributed by atoms with Gasteiger partial charge in [0, 0.05) is 5.22 Å². The zero-order chi connectivity index (χ0) is 29.1. The van der Waals surface area contributed by atoms with Crippen LogP contribution in [0.4, 0.5) is 5.69 Å². The molecular weight excluding hydrogens is 540 g/mol. The molecule has 1 unspecified atom stereocenters. The summed E-state index contributed by atoms with van der Waals surface area (Å²) >= 11 is 0.933. The molecule has 11 nitrogen and oxygen atoms in total. The summed E-state index contributed by atoms with van der Waals surface area (Å²) in [4.78, 5) is 40.6. The first-order chi connectivity index (χ1) is 19.2. The maximum absolute atomic E-state index is 14.1. The van der Waals surface area contributed by atoms with Crippen molar-refractivity contribution in [3.8, 4) is 23.0 Å². The second kappa shape index (κ2) is 11.7. The number of aromatic hydroxyl groups is 2. The molecule has 0 saturated heterocycles. The van der Waals surface area contributed by atoms with Gasteiger partial charge in [-0.1, -0.05) is 23.9 Å². The third-order valence-electron chi connectivity index (χ3n) is 6.09. The van der Waals surface area contributed by atoms with Crippen molar-refractivity contribution >= 4 is 46.3 Å². The SMILES string of the molecule is CCOC(=O)C1=c2/c(=C/c3ccc(O)c(OC)c3)c(N)c(C(=O)OCC)n2C(=O)C(c2ccc(O)c(OC)c2)S1. The van der Waals surface area contributed by atoms with Gasteiger partial charge in [0.15, 0.2) is 28.7 Å². The van der Waals surface area contributed by atoms with Crippen LogP contribution in [0.2, 0.25) is 0 Å². The Morgan fingerprint density at radius 3 is 2.20 bits per heavy atom. The van der Waals surface area contributed by atoms with Gasteiger partial charge in [-0.05, 0) is 55.3 Å². The number of hydrogen-bond acceptors (Lipinski definition) is 11. The first-order valence-corrected chi connectivity index (χ1v) is 13.1. The highest BCUT2D eigenvalue weighted by molar-refractivity contribution is 8.10. The maximum Gasteiger partial charge on any atom is 0.357 e. The Morgan fingerprint density at radius 1 is 0.975 bits per heavy atom. The van der Waals surface area contributed by atoms with Crippen molar-refractivity contribution in [3.05, 3.63) is 63.8 Å². The van der Waals surface area contributed by atoms with Gasteiger partial charge in [-0.15, -0.1) is 0 Å². The van der Waals surface area contributed by atoms with Crippen LogP contribution in [0.5, 0.6) is 23.0 Å². The molecule has 3 aromatic rings. The van der Waals surface area contributed by atoms with E-state index in [1.807, 2.05) is 0 Å². The largest absolute Gasteiger partial charge is 0.504 e. The normalized spacial score (nSPS) is 15.0. The molecule has 12 heteroatoms. The van der Waals surface area contributed by atoms with E-state index >= 15 is 0 Å². The summed E-state index contributed by atoms with van der Waals surface area (Å²) in [6.45, 7) is 3.34. The number of phenols is 2. The second-order valence-electron chi connectivity index (χ2n) is 8.47. The van der Waals surface area contributed by atoms with Gasteiger partial charge in [0.25, 0.3) is 0 Å². The molecule has 1 atom stereocenters. The van der Waals surface area contributed by atoms with Crippen LogP contribution in [-0.4, -0.2) is 60.1 Å². The number of rotatable bonds is 8. The molecular formula is C28H28N2O9S. The number of phenolic OH excluding ortho intramolecular Hbond substituents is 2. The monoisotopic (exact) mass is 568 g/mol. The number of aromatic nitrogens is 1. The number of esters is 2. The van der Waals surface area contributed by atoms with E-state index in [9.17, 15) is 24.6 Å². The van der Waals surface area contributed by atoms with Crippen LogP contribution in [0, 0.1) is 0 Å². The van der Waals surface area contributed by atoms with Crippen molar-refractivity contribution in [3.63, 3.8) is 0 Å². The van der Waals surface area contributed by atoms with Gasteiger partial charge in [-0.2, -0.15) is 0 Å². The topological polar surface area (TPSA) is 160 Å². The van der Waals surface area contributed by atoms with Crippen molar-refractivity contribution in [1.29, 1.82) is 0 Å². The highest BCUT2D eigenvalue weighted by atomic mass is 32.2. The van der Waals surface area contributed by atoms with Crippen LogP contribution in [0.1, 0.15) is 45.5 Å². The van der Waals surface area contributed by atoms with Crippen LogP contribution in [0.15, 0.2) is 36.4 Å². The van der Waals surface area contributed by atoms with Gasteiger partial charge in [0.2, 0.25) is 5.91 Å². The molecule has 0 fully saturated rings. The summed E-state index contributed by atoms with van der Waals surface area (Å²) in [6.07, 6.45) is 1.57. The van der Waals surface area contributed by atoms with Gasteiger partial charge in [0.1, 0.15) is 10.2 Å². The molecule has 0 radical (unpaired) electrons. The number of thioether (sulfide) groups is 1. The first-order valence-electron chi connectivity index (χ1n) is 12.2. The lowest BCUT2D eigenvalue weighted by molar-refractivity contribution is -0.135. The van der Waals surface area contributed by atoms with E-state index in [0.717, 1.165) is 16.3 Å². The fourth-order valence-corrected chi connectivity index (χ4v) is 5.49. The number of carbonyl (C=O) groups is 3. The molecule has 4 N–H and O–H groups in total. The average Bonchev–Trinajstić information content (AvgIpc) is 3.22. The number of carbonyl (C=O) groups excluding carboxylic acids is 3. The van der Waals surface area contributed by atoms with E-state index in [1.54, 1.807) is 26.0 Å². The summed E-state index contributed by atoms with van der Waals surface area (Å²) in [7, 11) is 2.77. The molecule has 1 aromatic heterocycles. The molecule has 0 bridgehead atoms. The molecule has 0 saturated carbocycles. The Labute approximate surface area is 233 Å². The fraction of sp³-hybridized carbons (Fsp3) is 0.250. The number of nitrogens with two attached hydrogens (primary N) is 1. The molecule has 40 heavy (non-hydrogen) atoms. The summed E-state index contributed by atoms with van der Waals surface area (Å²) < 4.78 is 22.0. The zero-order valence-electron chi connectivity index (χ0n) is 22.2. The number of benzene rings is 2. The quantitative estimate of drug-likeness (QED) is 0.342. The predicted octanol–water partition coefficient (Wildman–Crippen LogP) is 2.30. The molecule has 2 aromatic carbocycles. The Bertz CT molecular complexity index is 1630. The molecule has 0 spiro atoms. The van der Waals surface area contributed by atoms with Gasteiger partial charge in [-0.3, -0.25) is 9.36 Å². The van der Waals surface area contributed by atoms with E-state index < -0.39 is 23.1 Å². The third kappa shape index (κ3) is 5.05. The molecule has 0 amide bonds. The number of anilines is 1. The van der Waals surface area contributed by atoms with Crippen LogP contribution in [0.25, 0.3) is 11.0 Å². The van der Waals surface area contributed by atoms with Crippen molar-refractivity contribution < 1.29 is 43.5 Å². The van der Waals surface area contributed by atoms with Crippen LogP contribution in [-0.2, 0) is 14.3 Å². The smallest absolute Gasteiger partial charge is 0.357 e. The third-order valence-corrected chi connectivity index (χ3v) is 7.40. The fourth-order valence-electron chi connectivity index (χ4n) is 4.30. The van der Waals surface area contributed by atoms with E-state index in [1.165, 1.54) is 44.6 Å². The minimum absolute atomic E-state index is 0.0168. The van der Waals surface area contributed by atoms with E-state index in [0.29, 0.717) is 11.1 Å². The van der Waals surface area contributed by atoms with Crippen LogP contribution < -0.4 is 25.8 Å². The highest BCUT2D eigenvalue weighted by Crippen LogP contribution is 2.42. The van der Waals surface area contributed by atoms with Crippen LogP contribution in [0.3, 0.4) is 0 Å². The molecule has 2 heterocycles. The number of ether oxygens (including phenoxy) is 4. The summed E-state index contributed by atoms with van der Waals surface area (Å²) in [5.41, 5.74) is 7.10. The Morgan fingerprint density at radius 2 is 1.57 bits per heavy atom. The molecule has 4 rings (SSSR count). The highest BCUT2D eigenvalue weighted by Gasteiger charge is 2.38. The first kappa shape index (κ1) is 28.4. The van der Waals surface area contributed by atoms with Crippen molar-refractivity contribution in [2.24, 2.45) is 0 Å². The lowest BCUT2D eigenvalue weighted by Crippen LogP contribution is -2.42. The molecule has 1 aliphatic rings. The number of methoxy groups -OCH3 is 2. The van der Waals surface area contributed by atoms with Crippen molar-refractivity contribution in [2.45, 2.75) is 19.1 Å². The Hall–Kier alpha value is -4.58. The van der Waals surface area contributed by atoms with Crippen molar-refractivity contribution in [2.75, 3.05) is 33.2 Å². The number of hydrogen-bond donors (Lipinski definition) is 3. The second-order valence-corrected chi connectivity index (χ2v) is 9.59. The summed E-state index contributed by atoms with van der Waals surface area (Å²) in [5, 5.41) is 19.3. The van der Waals surface area contributed by atoms with Crippen molar-refractivity contribution in [1.82, 2.24) is 4.57 Å². The number of nitrogens with zero attached hydrogens (tertiary/aromatic N) is 1. The van der Waals surface area contributed by atoms with E-state index in [4.69, 9.17) is 24.7 Å². The Kier molecular flexibility index (Phi) is 8.29. The van der Waals surface area contributed by atoms with Crippen LogP contribution >= 0.6 is 11.8 Å². The lowest BCUT2D eigenvalue weighted by Gasteiger charge is -2.24. The average molecular weight is 569 g/mol. The number of fused-ring (bicyclic) bond motifs is 1. The molecule has 210 valence electrons. The summed E-state index contributed by atoms with van der Waals surface area (Å²) in [6, 6.07) is 8.91. The van der Waals surface area contributed by atoms with Gasteiger partial charge < -0.3 is 34.9 Å². The number of nitrogen functional groups attached to an aromatic ring is 1. The van der Waals surface area contributed by atoms with Gasteiger partial charge in [-0.25, -0.2) is 9.59 Å². The minimum atomic E-state index is -1.03. The van der Waals surface area contributed by atoms with Gasteiger partial charge in [0.05, 0.1) is 38.5 Å². The lowest BCUT2D eigenvalue weighted by atomic mass is 10.1. The van der Waals surface area contributed by atoms with E-state index in [2.05, 4.69) is 0 Å². The molecule has 1 aliphatic heterocycles. The zero-order valence-corrected chi connectivity index (χ0v) is 23.0. The Balaban J connectivity index is 2.09. The maximum atomic E-state index is 14.1. The predicted molar refractivity (Wildman–Crippen MR) is 148 cm³/mol. The molecule has 0 aliphatic carbocycles. The minimum Gasteiger partial charge on any atom is -0.504 e. The van der Waals surface area contributed by atoms with E-state index in [-0.39, 0.29) is 63.1 Å².